The Labute approximate surface area is 283 Å². The monoisotopic (exact) mass is 653 g/mol. The van der Waals surface area contributed by atoms with Crippen LogP contribution in [0.4, 0.5) is 4.79 Å². The molecular formula is C39H55N5O2Si. The summed E-state index contributed by atoms with van der Waals surface area (Å²) in [5, 5.41) is 2.46. The number of carbonyl (C=O) groups is 1. The summed E-state index contributed by atoms with van der Waals surface area (Å²) >= 11 is 0. The number of carbonyl (C=O) groups excluding carboxylic acids is 1. The second-order valence-electron chi connectivity index (χ2n) is 15.9. The van der Waals surface area contributed by atoms with Crippen LogP contribution in [-0.2, 0) is 17.8 Å². The number of unbranched alkanes of at least 4 members (excludes halogenated alkanes) is 2. The molecule has 2 heterocycles. The molecule has 4 rings (SSSR count). The molecule has 0 aliphatic rings. The Balaban J connectivity index is 1.64. The Morgan fingerprint density at radius 3 is 2.21 bits per heavy atom. The number of ether oxygens (including phenoxy) is 1. The van der Waals surface area contributed by atoms with Crippen LogP contribution in [-0.4, -0.2) is 57.4 Å². The first-order chi connectivity index (χ1) is 22.0. The topological polar surface area (TPSA) is 65.2 Å². The first-order valence-electron chi connectivity index (χ1n) is 17.1. The fraction of sp³-hybridized carbons (Fsp3) is 0.513. The molecule has 0 aliphatic heterocycles. The Bertz CT molecular complexity index is 1720. The predicted octanol–water partition coefficient (Wildman–Crippen LogP) is 9.66. The molecule has 0 saturated carbocycles. The van der Waals surface area contributed by atoms with Crippen molar-refractivity contribution in [3.05, 3.63) is 60.7 Å². The van der Waals surface area contributed by atoms with E-state index in [1.807, 2.05) is 33.2 Å². The molecule has 0 fully saturated rings. The Kier molecular flexibility index (Phi) is 11.4. The molecular weight excluding hydrogens is 599 g/mol. The van der Waals surface area contributed by atoms with Crippen LogP contribution in [0, 0.1) is 16.9 Å². The molecule has 0 atom stereocenters. The van der Waals surface area contributed by atoms with Gasteiger partial charge in [0.25, 0.3) is 0 Å². The van der Waals surface area contributed by atoms with Gasteiger partial charge in [-0.1, -0.05) is 76.8 Å². The highest BCUT2D eigenvalue weighted by Crippen LogP contribution is 2.31. The summed E-state index contributed by atoms with van der Waals surface area (Å²) in [5.74, 6) is 5.16. The van der Waals surface area contributed by atoms with Gasteiger partial charge in [-0.25, -0.2) is 14.8 Å². The Hall–Kier alpha value is -3.83. The van der Waals surface area contributed by atoms with Crippen molar-refractivity contribution in [2.75, 3.05) is 13.6 Å². The van der Waals surface area contributed by atoms with E-state index < -0.39 is 13.7 Å². The molecule has 2 aromatic carbocycles. The lowest BCUT2D eigenvalue weighted by atomic mass is 9.90. The van der Waals surface area contributed by atoms with Crippen molar-refractivity contribution in [3.63, 3.8) is 0 Å². The van der Waals surface area contributed by atoms with Gasteiger partial charge in [-0.3, -0.25) is 0 Å². The summed E-state index contributed by atoms with van der Waals surface area (Å²) in [5.41, 5.74) is 6.56. The van der Waals surface area contributed by atoms with E-state index in [0.717, 1.165) is 73.8 Å². The van der Waals surface area contributed by atoms with E-state index in [1.165, 1.54) is 10.8 Å². The Morgan fingerprint density at radius 1 is 0.851 bits per heavy atom. The SMILES string of the molecule is CN(CCCCCn1c(-c2ncc(-c3ccc4ccccc4c3)n2CCCC(C)(C)C)cnc1C#C[Si](C)(C)C)C(=O)OC(C)(C)C. The number of aromatic nitrogens is 4. The standard InChI is InChI=1S/C39H55N5O2Si/c1-38(2,3)22-16-25-44-33(32-20-19-30-17-12-13-18-31(30)27-32)28-41-36(44)34-29-40-35(21-26-47(8,9)10)43(34)24-15-11-14-23-42(7)37(45)46-39(4,5)6/h12-13,17-20,27-29H,11,14-16,22-25H2,1-10H3. The van der Waals surface area contributed by atoms with E-state index in [1.54, 1.807) is 11.9 Å². The molecule has 252 valence electrons. The molecule has 0 bridgehead atoms. The highest BCUT2D eigenvalue weighted by molar-refractivity contribution is 6.83. The third-order valence-electron chi connectivity index (χ3n) is 7.92. The number of fused-ring (bicyclic) bond motifs is 1. The molecule has 0 aliphatic carbocycles. The molecule has 0 N–H and O–H groups in total. The maximum atomic E-state index is 12.4. The molecule has 0 unspecified atom stereocenters. The van der Waals surface area contributed by atoms with Gasteiger partial charge in [-0.05, 0) is 81.0 Å². The second-order valence-corrected chi connectivity index (χ2v) is 20.7. The van der Waals surface area contributed by atoms with Gasteiger partial charge in [0, 0.05) is 32.2 Å². The van der Waals surface area contributed by atoms with Gasteiger partial charge in [-0.15, -0.1) is 5.54 Å². The third kappa shape index (κ3) is 10.6. The number of rotatable bonds is 11. The van der Waals surface area contributed by atoms with Crippen molar-refractivity contribution in [3.8, 4) is 34.2 Å². The average Bonchev–Trinajstić information content (AvgIpc) is 3.57. The predicted molar refractivity (Wildman–Crippen MR) is 198 cm³/mol. The van der Waals surface area contributed by atoms with Gasteiger partial charge >= 0.3 is 6.09 Å². The lowest BCUT2D eigenvalue weighted by molar-refractivity contribution is 0.0296. The maximum absolute atomic E-state index is 12.4. The van der Waals surface area contributed by atoms with E-state index in [2.05, 4.69) is 103 Å². The minimum atomic E-state index is -1.61. The summed E-state index contributed by atoms with van der Waals surface area (Å²) < 4.78 is 10.2. The highest BCUT2D eigenvalue weighted by atomic mass is 28.3. The number of hydrogen-bond donors (Lipinski definition) is 0. The molecule has 1 amide bonds. The number of nitrogens with zero attached hydrogens (tertiary/aromatic N) is 5. The fourth-order valence-corrected chi connectivity index (χ4v) is 5.99. The third-order valence-corrected chi connectivity index (χ3v) is 8.80. The molecule has 0 saturated heterocycles. The lowest BCUT2D eigenvalue weighted by Crippen LogP contribution is -2.34. The average molecular weight is 654 g/mol. The van der Waals surface area contributed by atoms with Crippen molar-refractivity contribution in [1.29, 1.82) is 0 Å². The van der Waals surface area contributed by atoms with Crippen molar-refractivity contribution in [2.24, 2.45) is 5.41 Å². The van der Waals surface area contributed by atoms with Gasteiger partial charge in [0.1, 0.15) is 19.4 Å². The van der Waals surface area contributed by atoms with Crippen LogP contribution in [0.1, 0.15) is 79.5 Å². The van der Waals surface area contributed by atoms with Crippen molar-refractivity contribution < 1.29 is 9.53 Å². The van der Waals surface area contributed by atoms with Crippen LogP contribution in [0.3, 0.4) is 0 Å². The van der Waals surface area contributed by atoms with Crippen LogP contribution in [0.5, 0.6) is 0 Å². The van der Waals surface area contributed by atoms with Crippen molar-refractivity contribution in [2.45, 2.75) is 112 Å². The quantitative estimate of drug-likeness (QED) is 0.0919. The Morgan fingerprint density at radius 2 is 1.53 bits per heavy atom. The molecule has 4 aromatic rings. The summed E-state index contributed by atoms with van der Waals surface area (Å²) in [6.45, 7) is 21.7. The smallest absolute Gasteiger partial charge is 0.410 e. The molecule has 0 spiro atoms. The van der Waals surface area contributed by atoms with Crippen LogP contribution < -0.4 is 0 Å². The maximum Gasteiger partial charge on any atom is 0.410 e. The largest absolute Gasteiger partial charge is 0.444 e. The van der Waals surface area contributed by atoms with Gasteiger partial charge in [0.15, 0.2) is 11.6 Å². The van der Waals surface area contributed by atoms with Crippen molar-refractivity contribution >= 4 is 24.9 Å². The normalized spacial score (nSPS) is 12.2. The number of imidazole rings is 2. The highest BCUT2D eigenvalue weighted by Gasteiger charge is 2.22. The second kappa shape index (κ2) is 14.9. The van der Waals surface area contributed by atoms with Gasteiger partial charge < -0.3 is 18.8 Å². The van der Waals surface area contributed by atoms with Gasteiger partial charge in [-0.2, -0.15) is 0 Å². The van der Waals surface area contributed by atoms with E-state index in [0.29, 0.717) is 6.54 Å². The molecule has 7 nitrogen and oxygen atoms in total. The summed E-state index contributed by atoms with van der Waals surface area (Å²) in [7, 11) is 0.193. The summed E-state index contributed by atoms with van der Waals surface area (Å²) in [6.07, 6.45) is 8.66. The molecule has 47 heavy (non-hydrogen) atoms. The minimum absolute atomic E-state index is 0.253. The van der Waals surface area contributed by atoms with E-state index in [4.69, 9.17) is 14.7 Å². The van der Waals surface area contributed by atoms with E-state index in [-0.39, 0.29) is 11.5 Å². The zero-order chi connectivity index (χ0) is 34.4. The van der Waals surface area contributed by atoms with Crippen LogP contribution >= 0.6 is 0 Å². The van der Waals surface area contributed by atoms with Crippen LogP contribution in [0.2, 0.25) is 19.6 Å². The fourth-order valence-electron chi connectivity index (χ4n) is 5.50. The number of amides is 1. The lowest BCUT2D eigenvalue weighted by Gasteiger charge is -2.24. The van der Waals surface area contributed by atoms with E-state index in [9.17, 15) is 4.79 Å². The molecule has 8 heteroatoms. The zero-order valence-electron chi connectivity index (χ0n) is 30.4. The first-order valence-corrected chi connectivity index (χ1v) is 20.6. The van der Waals surface area contributed by atoms with E-state index >= 15 is 0 Å². The summed E-state index contributed by atoms with van der Waals surface area (Å²) in [6, 6.07) is 15.2. The molecule has 2 aromatic heterocycles. The number of hydrogen-bond acceptors (Lipinski definition) is 4. The minimum Gasteiger partial charge on any atom is -0.444 e. The van der Waals surface area contributed by atoms with Crippen LogP contribution in [0.15, 0.2) is 54.9 Å². The molecule has 0 radical (unpaired) electrons. The zero-order valence-corrected chi connectivity index (χ0v) is 31.4. The summed E-state index contributed by atoms with van der Waals surface area (Å²) in [4.78, 5) is 24.0. The van der Waals surface area contributed by atoms with Crippen molar-refractivity contribution in [1.82, 2.24) is 24.0 Å². The first kappa shape index (κ1) is 36.0. The van der Waals surface area contributed by atoms with Gasteiger partial charge in [0.05, 0.1) is 18.1 Å². The van der Waals surface area contributed by atoms with Crippen LogP contribution in [0.25, 0.3) is 33.5 Å². The number of benzene rings is 2. The van der Waals surface area contributed by atoms with Gasteiger partial charge in [0.2, 0.25) is 0 Å².